The second kappa shape index (κ2) is 3.99. The average Bonchev–Trinajstić information content (AvgIpc) is 2.61. The number of nitro groups is 1. The van der Waals surface area contributed by atoms with Crippen molar-refractivity contribution in [2.24, 2.45) is 0 Å². The minimum absolute atomic E-state index is 0.149. The summed E-state index contributed by atoms with van der Waals surface area (Å²) >= 11 is 3.00. The first-order valence-electron chi connectivity index (χ1n) is 4.85. The fraction of sp³-hybridized carbons (Fsp3) is 0.300. The van der Waals surface area contributed by atoms with E-state index in [-0.39, 0.29) is 4.47 Å². The first-order valence-corrected chi connectivity index (χ1v) is 5.64. The summed E-state index contributed by atoms with van der Waals surface area (Å²) in [5.74, 6) is -2.18. The summed E-state index contributed by atoms with van der Waals surface area (Å²) in [5.41, 5.74) is 0.343. The number of fused-ring (bicyclic) bond motifs is 1. The zero-order valence-electron chi connectivity index (χ0n) is 8.51. The second-order valence-corrected chi connectivity index (χ2v) is 4.66. The SMILES string of the molecule is O=C(O)C1CCc2c1cc(Br)c(O)c2[N+](=O)[O-]. The highest BCUT2D eigenvalue weighted by molar-refractivity contribution is 9.10. The van der Waals surface area contributed by atoms with Gasteiger partial charge in [0.15, 0.2) is 0 Å². The maximum atomic E-state index is 11.0. The number of carbonyl (C=O) groups is 1. The molecule has 0 saturated carbocycles. The van der Waals surface area contributed by atoms with Crippen molar-refractivity contribution in [1.29, 1.82) is 0 Å². The fourth-order valence-corrected chi connectivity index (χ4v) is 2.59. The van der Waals surface area contributed by atoms with E-state index in [1.165, 1.54) is 6.07 Å². The number of phenolic OH excluding ortho intramolecular Hbond substituents is 1. The van der Waals surface area contributed by atoms with Crippen LogP contribution in [0.4, 0.5) is 5.69 Å². The largest absolute Gasteiger partial charge is 0.501 e. The lowest BCUT2D eigenvalue weighted by Gasteiger charge is -2.08. The van der Waals surface area contributed by atoms with Gasteiger partial charge in [0.25, 0.3) is 0 Å². The van der Waals surface area contributed by atoms with Gasteiger partial charge >= 0.3 is 11.7 Å². The molecule has 7 heteroatoms. The third-order valence-electron chi connectivity index (χ3n) is 2.91. The van der Waals surface area contributed by atoms with Crippen molar-refractivity contribution in [1.82, 2.24) is 0 Å². The van der Waals surface area contributed by atoms with Gasteiger partial charge in [0, 0.05) is 5.56 Å². The minimum atomic E-state index is -1.00. The van der Waals surface area contributed by atoms with Crippen LogP contribution in [0.5, 0.6) is 5.75 Å². The number of benzene rings is 1. The van der Waals surface area contributed by atoms with Crippen LogP contribution in [0.25, 0.3) is 0 Å². The number of nitro benzene ring substituents is 1. The summed E-state index contributed by atoms with van der Waals surface area (Å²) in [4.78, 5) is 21.2. The number of rotatable bonds is 2. The Morgan fingerprint density at radius 3 is 2.76 bits per heavy atom. The molecule has 90 valence electrons. The summed E-state index contributed by atoms with van der Waals surface area (Å²) in [5, 5.41) is 29.5. The topological polar surface area (TPSA) is 101 Å². The average molecular weight is 302 g/mol. The van der Waals surface area contributed by atoms with Crippen molar-refractivity contribution in [3.8, 4) is 5.75 Å². The van der Waals surface area contributed by atoms with Gasteiger partial charge in [-0.25, -0.2) is 0 Å². The van der Waals surface area contributed by atoms with Crippen molar-refractivity contribution < 1.29 is 19.9 Å². The number of hydrogen-bond donors (Lipinski definition) is 2. The van der Waals surface area contributed by atoms with E-state index < -0.39 is 28.2 Å². The molecule has 1 aromatic carbocycles. The number of carboxylic acid groups (broad SMARTS) is 1. The van der Waals surface area contributed by atoms with Gasteiger partial charge in [-0.3, -0.25) is 14.9 Å². The maximum Gasteiger partial charge on any atom is 0.315 e. The van der Waals surface area contributed by atoms with Crippen LogP contribution in [0.1, 0.15) is 23.5 Å². The van der Waals surface area contributed by atoms with Crippen LogP contribution >= 0.6 is 15.9 Å². The van der Waals surface area contributed by atoms with Crippen LogP contribution in [0, 0.1) is 10.1 Å². The number of phenols is 1. The number of aliphatic carboxylic acids is 1. The lowest BCUT2D eigenvalue weighted by Crippen LogP contribution is -2.08. The Morgan fingerprint density at radius 2 is 2.24 bits per heavy atom. The Kier molecular flexibility index (Phi) is 2.78. The first-order chi connectivity index (χ1) is 7.93. The van der Waals surface area contributed by atoms with Crippen molar-refractivity contribution in [2.75, 3.05) is 0 Å². The number of aromatic hydroxyl groups is 1. The van der Waals surface area contributed by atoms with Crippen LogP contribution < -0.4 is 0 Å². The van der Waals surface area contributed by atoms with E-state index in [1.54, 1.807) is 0 Å². The molecule has 0 bridgehead atoms. The van der Waals surface area contributed by atoms with Crippen LogP contribution in [-0.2, 0) is 11.2 Å². The molecule has 0 radical (unpaired) electrons. The van der Waals surface area contributed by atoms with Crippen molar-refractivity contribution in [2.45, 2.75) is 18.8 Å². The van der Waals surface area contributed by atoms with E-state index in [9.17, 15) is 20.0 Å². The number of carboxylic acids is 1. The lowest BCUT2D eigenvalue weighted by atomic mass is 10.0. The Labute approximate surface area is 104 Å². The molecule has 1 aliphatic carbocycles. The van der Waals surface area contributed by atoms with Crippen molar-refractivity contribution in [3.63, 3.8) is 0 Å². The Morgan fingerprint density at radius 1 is 1.59 bits per heavy atom. The maximum absolute atomic E-state index is 11.0. The molecule has 1 atom stereocenters. The lowest BCUT2D eigenvalue weighted by molar-refractivity contribution is -0.386. The van der Waals surface area contributed by atoms with Crippen molar-refractivity contribution in [3.05, 3.63) is 31.8 Å². The van der Waals surface area contributed by atoms with Gasteiger partial charge in [-0.1, -0.05) is 0 Å². The van der Waals surface area contributed by atoms with Crippen LogP contribution in [0.3, 0.4) is 0 Å². The van der Waals surface area contributed by atoms with Crippen LogP contribution in [-0.4, -0.2) is 21.1 Å². The monoisotopic (exact) mass is 301 g/mol. The molecule has 17 heavy (non-hydrogen) atoms. The predicted octanol–water partition coefficient (Wildman–Crippen LogP) is 2.18. The Bertz CT molecular complexity index is 528. The molecule has 1 aliphatic rings. The number of nitrogens with zero attached hydrogens (tertiary/aromatic N) is 1. The highest BCUT2D eigenvalue weighted by Crippen LogP contribution is 2.46. The summed E-state index contributed by atoms with van der Waals surface area (Å²) in [6.07, 6.45) is 0.616. The molecule has 0 heterocycles. The molecule has 1 unspecified atom stereocenters. The summed E-state index contributed by atoms with van der Waals surface area (Å²) in [7, 11) is 0. The molecule has 0 aromatic heterocycles. The van der Waals surface area contributed by atoms with Gasteiger partial charge in [-0.15, -0.1) is 0 Å². The molecule has 0 aliphatic heterocycles. The van der Waals surface area contributed by atoms with Gasteiger partial charge in [-0.05, 0) is 40.4 Å². The molecular formula is C10H8BrNO5. The van der Waals surface area contributed by atoms with Crippen LogP contribution in [0.2, 0.25) is 0 Å². The fourth-order valence-electron chi connectivity index (χ4n) is 2.16. The van der Waals surface area contributed by atoms with E-state index in [4.69, 9.17) is 5.11 Å². The molecular weight excluding hydrogens is 294 g/mol. The van der Waals surface area contributed by atoms with Gasteiger partial charge < -0.3 is 10.2 Å². The van der Waals surface area contributed by atoms with E-state index in [0.29, 0.717) is 24.0 Å². The first kappa shape index (κ1) is 11.8. The number of halogens is 1. The van der Waals surface area contributed by atoms with Crippen molar-refractivity contribution >= 4 is 27.6 Å². The van der Waals surface area contributed by atoms with E-state index in [1.807, 2.05) is 0 Å². The van der Waals surface area contributed by atoms with E-state index in [2.05, 4.69) is 15.9 Å². The van der Waals surface area contributed by atoms with Crippen LogP contribution in [0.15, 0.2) is 10.5 Å². The molecule has 6 nitrogen and oxygen atoms in total. The van der Waals surface area contributed by atoms with E-state index >= 15 is 0 Å². The smallest absolute Gasteiger partial charge is 0.315 e. The summed E-state index contributed by atoms with van der Waals surface area (Å²) in [6, 6.07) is 1.45. The predicted molar refractivity (Wildman–Crippen MR) is 61.2 cm³/mol. The number of hydrogen-bond acceptors (Lipinski definition) is 4. The normalized spacial score (nSPS) is 17.8. The molecule has 0 amide bonds. The van der Waals surface area contributed by atoms with Gasteiger partial charge in [0.1, 0.15) is 0 Å². The van der Waals surface area contributed by atoms with Gasteiger partial charge in [0.2, 0.25) is 5.75 Å². The Balaban J connectivity index is 2.69. The molecule has 1 aromatic rings. The van der Waals surface area contributed by atoms with Gasteiger partial charge in [0.05, 0.1) is 15.3 Å². The third kappa shape index (κ3) is 1.76. The molecule has 2 rings (SSSR count). The zero-order chi connectivity index (χ0) is 12.7. The second-order valence-electron chi connectivity index (χ2n) is 3.81. The van der Waals surface area contributed by atoms with Gasteiger partial charge in [-0.2, -0.15) is 0 Å². The quantitative estimate of drug-likeness (QED) is 0.644. The zero-order valence-corrected chi connectivity index (χ0v) is 10.1. The van der Waals surface area contributed by atoms with E-state index in [0.717, 1.165) is 0 Å². The Hall–Kier alpha value is -1.63. The molecule has 0 spiro atoms. The standard InChI is InChI=1S/C10H8BrNO5/c11-7-3-6-4(1-2-5(6)10(14)15)8(9(7)13)12(16)17/h3,5,13H,1-2H2,(H,14,15). The summed E-state index contributed by atoms with van der Waals surface area (Å²) < 4.78 is 0.149. The summed E-state index contributed by atoms with van der Waals surface area (Å²) in [6.45, 7) is 0. The highest BCUT2D eigenvalue weighted by Gasteiger charge is 2.36. The molecule has 0 fully saturated rings. The minimum Gasteiger partial charge on any atom is -0.501 e. The highest BCUT2D eigenvalue weighted by atomic mass is 79.9. The molecule has 2 N–H and O–H groups in total. The molecule has 0 saturated heterocycles. The third-order valence-corrected chi connectivity index (χ3v) is 3.51.